The molecule has 0 nitrogen and oxygen atoms in total. The van der Waals surface area contributed by atoms with Gasteiger partial charge in [0.05, 0.1) is 0 Å². The fourth-order valence-electron chi connectivity index (χ4n) is 3.45. The third-order valence-electron chi connectivity index (χ3n) is 5.49. The summed E-state index contributed by atoms with van der Waals surface area (Å²) in [6.45, 7) is 18.0. The maximum absolute atomic E-state index is 2.27. The van der Waals surface area contributed by atoms with Crippen LogP contribution >= 0.6 is 0 Å². The normalized spacial score (nSPS) is 12.4. The molecule has 0 atom stereocenters. The molecule has 0 saturated carbocycles. The average molecular weight is 292 g/mol. The molecule has 22 heavy (non-hydrogen) atoms. The van der Waals surface area contributed by atoms with E-state index >= 15 is 0 Å². The minimum Gasteiger partial charge on any atom is -0.0620 e. The zero-order chi connectivity index (χ0) is 16.6. The van der Waals surface area contributed by atoms with E-state index in [-0.39, 0.29) is 0 Å². The lowest BCUT2D eigenvalue weighted by molar-refractivity contribution is 1.16. The Morgan fingerprint density at radius 2 is 1.05 bits per heavy atom. The van der Waals surface area contributed by atoms with Crippen molar-refractivity contribution in [3.63, 3.8) is 0 Å². The molecule has 2 aromatic rings. The highest BCUT2D eigenvalue weighted by molar-refractivity contribution is 5.92. The van der Waals surface area contributed by atoms with Crippen LogP contribution in [0, 0.1) is 41.5 Å². The fourth-order valence-corrected chi connectivity index (χ4v) is 3.45. The van der Waals surface area contributed by atoms with Crippen molar-refractivity contribution in [1.82, 2.24) is 0 Å². The van der Waals surface area contributed by atoms with Crippen molar-refractivity contribution in [2.45, 2.75) is 55.4 Å². The Kier molecular flexibility index (Phi) is 4.60. The molecule has 0 heterocycles. The van der Waals surface area contributed by atoms with Crippen LogP contribution < -0.4 is 0 Å². The molecule has 0 aliphatic carbocycles. The maximum atomic E-state index is 2.27. The van der Waals surface area contributed by atoms with Crippen LogP contribution in [-0.2, 0) is 0 Å². The Labute approximate surface area is 135 Å². The minimum absolute atomic E-state index is 1.34. The van der Waals surface area contributed by atoms with Gasteiger partial charge in [0.2, 0.25) is 0 Å². The van der Waals surface area contributed by atoms with E-state index in [0.29, 0.717) is 0 Å². The van der Waals surface area contributed by atoms with Gasteiger partial charge < -0.3 is 0 Å². The zero-order valence-corrected chi connectivity index (χ0v) is 15.3. The Bertz CT molecular complexity index is 729. The lowest BCUT2D eigenvalue weighted by Gasteiger charge is -2.21. The SMILES string of the molecule is CC(=C(C)c1c(C)c(C)c(C)c(C)c1C)c1ccccc1C. The predicted molar refractivity (Wildman–Crippen MR) is 99.5 cm³/mol. The van der Waals surface area contributed by atoms with Gasteiger partial charge in [0, 0.05) is 0 Å². The van der Waals surface area contributed by atoms with Crippen LogP contribution in [0.25, 0.3) is 11.1 Å². The molecule has 0 radical (unpaired) electrons. The Hall–Kier alpha value is -1.82. The molecule has 2 aromatic carbocycles. The summed E-state index contributed by atoms with van der Waals surface area (Å²) >= 11 is 0. The average Bonchev–Trinajstić information content (AvgIpc) is 2.51. The summed E-state index contributed by atoms with van der Waals surface area (Å²) in [6.07, 6.45) is 0. The van der Waals surface area contributed by atoms with Crippen LogP contribution in [0.15, 0.2) is 24.3 Å². The number of rotatable bonds is 2. The first-order valence-electron chi connectivity index (χ1n) is 8.08. The van der Waals surface area contributed by atoms with Gasteiger partial charge in [-0.25, -0.2) is 0 Å². The molecule has 0 aliphatic heterocycles. The molecule has 0 amide bonds. The Balaban J connectivity index is 2.76. The molecule has 0 unspecified atom stereocenters. The van der Waals surface area contributed by atoms with Crippen molar-refractivity contribution >= 4 is 11.1 Å². The molecule has 0 saturated heterocycles. The quantitative estimate of drug-likeness (QED) is 0.555. The third-order valence-corrected chi connectivity index (χ3v) is 5.49. The second kappa shape index (κ2) is 6.12. The summed E-state index contributed by atoms with van der Waals surface area (Å²) in [5, 5.41) is 0. The summed E-state index contributed by atoms with van der Waals surface area (Å²) in [7, 11) is 0. The van der Waals surface area contributed by atoms with Crippen LogP contribution in [0.5, 0.6) is 0 Å². The summed E-state index contributed by atoms with van der Waals surface area (Å²) in [5.41, 5.74) is 14.0. The smallest absolute Gasteiger partial charge is 0.0160 e. The Morgan fingerprint density at radius 1 is 0.591 bits per heavy atom. The van der Waals surface area contributed by atoms with Crippen LogP contribution in [0.2, 0.25) is 0 Å². The van der Waals surface area contributed by atoms with E-state index in [1.54, 1.807) is 0 Å². The number of aryl methyl sites for hydroxylation is 1. The van der Waals surface area contributed by atoms with Crippen LogP contribution in [-0.4, -0.2) is 0 Å². The summed E-state index contributed by atoms with van der Waals surface area (Å²) < 4.78 is 0. The van der Waals surface area contributed by atoms with Crippen LogP contribution in [0.1, 0.15) is 58.4 Å². The second-order valence-corrected chi connectivity index (χ2v) is 6.56. The summed E-state index contributed by atoms with van der Waals surface area (Å²) in [4.78, 5) is 0. The highest BCUT2D eigenvalue weighted by Gasteiger charge is 2.15. The standard InChI is InChI=1S/C22H28/c1-13-11-9-10-12-21(13)17(5)20(8)22-18(6)15(3)14(2)16(4)19(22)7/h9-12H,1-8H3. The van der Waals surface area contributed by atoms with E-state index in [4.69, 9.17) is 0 Å². The lowest BCUT2D eigenvalue weighted by atomic mass is 9.84. The number of hydrogen-bond acceptors (Lipinski definition) is 0. The van der Waals surface area contributed by atoms with E-state index in [1.807, 2.05) is 0 Å². The molecule has 116 valence electrons. The first-order valence-corrected chi connectivity index (χ1v) is 8.08. The van der Waals surface area contributed by atoms with E-state index in [2.05, 4.69) is 79.7 Å². The van der Waals surface area contributed by atoms with E-state index in [9.17, 15) is 0 Å². The van der Waals surface area contributed by atoms with E-state index in [1.165, 1.54) is 55.7 Å². The van der Waals surface area contributed by atoms with Gasteiger partial charge in [-0.1, -0.05) is 24.3 Å². The molecule has 0 bridgehead atoms. The van der Waals surface area contributed by atoms with Gasteiger partial charge in [-0.05, 0) is 111 Å². The largest absolute Gasteiger partial charge is 0.0620 e. The van der Waals surface area contributed by atoms with Crippen molar-refractivity contribution in [2.75, 3.05) is 0 Å². The van der Waals surface area contributed by atoms with Gasteiger partial charge >= 0.3 is 0 Å². The van der Waals surface area contributed by atoms with E-state index < -0.39 is 0 Å². The molecule has 0 fully saturated rings. The molecule has 0 spiro atoms. The van der Waals surface area contributed by atoms with Crippen molar-refractivity contribution in [3.8, 4) is 0 Å². The molecular weight excluding hydrogens is 264 g/mol. The maximum Gasteiger partial charge on any atom is -0.0160 e. The van der Waals surface area contributed by atoms with Gasteiger partial charge in [0.1, 0.15) is 0 Å². The Morgan fingerprint density at radius 3 is 1.55 bits per heavy atom. The molecule has 0 aliphatic rings. The third kappa shape index (κ3) is 2.63. The van der Waals surface area contributed by atoms with Gasteiger partial charge in [-0.15, -0.1) is 0 Å². The van der Waals surface area contributed by atoms with Crippen molar-refractivity contribution in [1.29, 1.82) is 0 Å². The number of hydrogen-bond donors (Lipinski definition) is 0. The van der Waals surface area contributed by atoms with Gasteiger partial charge in [0.25, 0.3) is 0 Å². The van der Waals surface area contributed by atoms with Crippen molar-refractivity contribution in [2.24, 2.45) is 0 Å². The molecular formula is C22H28. The molecule has 2 rings (SSSR count). The highest BCUT2D eigenvalue weighted by Crippen LogP contribution is 2.35. The first kappa shape index (κ1) is 16.5. The van der Waals surface area contributed by atoms with Crippen LogP contribution in [0.4, 0.5) is 0 Å². The first-order chi connectivity index (χ1) is 10.3. The lowest BCUT2D eigenvalue weighted by Crippen LogP contribution is -2.02. The number of benzene rings is 2. The van der Waals surface area contributed by atoms with Crippen molar-refractivity contribution in [3.05, 3.63) is 68.8 Å². The van der Waals surface area contributed by atoms with Gasteiger partial charge in [-0.2, -0.15) is 0 Å². The molecule has 0 heteroatoms. The fraction of sp³-hybridized carbons (Fsp3) is 0.364. The highest BCUT2D eigenvalue weighted by atomic mass is 14.2. The predicted octanol–water partition coefficient (Wildman–Crippen LogP) is 6.49. The van der Waals surface area contributed by atoms with Gasteiger partial charge in [0.15, 0.2) is 0 Å². The number of allylic oxidation sites excluding steroid dienone is 2. The molecule has 0 N–H and O–H groups in total. The van der Waals surface area contributed by atoms with E-state index in [0.717, 1.165) is 0 Å². The monoisotopic (exact) mass is 292 g/mol. The zero-order valence-electron chi connectivity index (χ0n) is 15.3. The molecule has 0 aromatic heterocycles. The van der Waals surface area contributed by atoms with Gasteiger partial charge in [-0.3, -0.25) is 0 Å². The summed E-state index contributed by atoms with van der Waals surface area (Å²) in [6, 6.07) is 8.66. The second-order valence-electron chi connectivity index (χ2n) is 6.56. The topological polar surface area (TPSA) is 0 Å². The minimum atomic E-state index is 1.34. The summed E-state index contributed by atoms with van der Waals surface area (Å²) in [5.74, 6) is 0. The van der Waals surface area contributed by atoms with Crippen molar-refractivity contribution < 1.29 is 0 Å². The van der Waals surface area contributed by atoms with Crippen LogP contribution in [0.3, 0.4) is 0 Å².